The zero-order chi connectivity index (χ0) is 20.2. The van der Waals surface area contributed by atoms with Gasteiger partial charge in [-0.3, -0.25) is 4.79 Å². The van der Waals surface area contributed by atoms with Gasteiger partial charge in [-0.2, -0.15) is 9.71 Å². The second-order valence-electron chi connectivity index (χ2n) is 5.06. The molecule has 0 bridgehead atoms. The van der Waals surface area contributed by atoms with Crippen molar-refractivity contribution in [3.63, 3.8) is 0 Å². The van der Waals surface area contributed by atoms with E-state index in [1.807, 2.05) is 4.72 Å². The van der Waals surface area contributed by atoms with Crippen molar-refractivity contribution < 1.29 is 24.4 Å². The number of carboxylic acid groups (broad SMARTS) is 1. The summed E-state index contributed by atoms with van der Waals surface area (Å²) in [5.74, 6) is -1.67. The molecule has 0 aliphatic carbocycles. The van der Waals surface area contributed by atoms with Gasteiger partial charge in [0.05, 0.1) is 17.9 Å². The van der Waals surface area contributed by atoms with Gasteiger partial charge in [0.25, 0.3) is 0 Å². The third-order valence-corrected chi connectivity index (χ3v) is 4.99. The maximum absolute atomic E-state index is 12.6. The van der Waals surface area contributed by atoms with Crippen LogP contribution in [-0.2, 0) is 19.6 Å². The number of carbonyl (C=O) groups is 1. The number of guanidine groups is 1. The SMILES string of the molecule is [2H]COC[C@H](NS(=O)(=O)c1ccc2c(Cl)cnc(N=C(N)N)c2c1)C(=O)O. The lowest BCUT2D eigenvalue weighted by molar-refractivity contribution is -0.140. The van der Waals surface area contributed by atoms with Crippen LogP contribution in [0.4, 0.5) is 5.82 Å². The summed E-state index contributed by atoms with van der Waals surface area (Å²) in [6.07, 6.45) is 1.32. The lowest BCUT2D eigenvalue weighted by Gasteiger charge is -2.14. The molecule has 0 fully saturated rings. The Bertz CT molecular complexity index is 997. The molecule has 1 aromatic carbocycles. The summed E-state index contributed by atoms with van der Waals surface area (Å²) in [4.78, 5) is 18.8. The van der Waals surface area contributed by atoms with Crippen LogP contribution in [0.1, 0.15) is 1.37 Å². The van der Waals surface area contributed by atoms with E-state index in [-0.39, 0.29) is 27.1 Å². The van der Waals surface area contributed by atoms with Gasteiger partial charge in [-0.25, -0.2) is 13.4 Å². The number of sulfonamides is 1. The number of fused-ring (bicyclic) bond motifs is 1. The normalized spacial score (nSPS) is 13.2. The number of benzene rings is 1. The Morgan fingerprint density at radius 3 is 2.85 bits per heavy atom. The molecule has 0 radical (unpaired) electrons. The van der Waals surface area contributed by atoms with Gasteiger partial charge < -0.3 is 21.3 Å². The predicted molar refractivity (Wildman–Crippen MR) is 95.8 cm³/mol. The fourth-order valence-corrected chi connectivity index (χ4v) is 3.49. The van der Waals surface area contributed by atoms with E-state index in [1.54, 1.807) is 0 Å². The van der Waals surface area contributed by atoms with Crippen molar-refractivity contribution in [3.8, 4) is 0 Å². The number of methoxy groups -OCH3 is 1. The highest BCUT2D eigenvalue weighted by molar-refractivity contribution is 7.89. The maximum Gasteiger partial charge on any atom is 0.324 e. The van der Waals surface area contributed by atoms with Crippen molar-refractivity contribution >= 4 is 50.1 Å². The van der Waals surface area contributed by atoms with E-state index in [4.69, 9.17) is 29.5 Å². The molecule has 0 saturated carbocycles. The number of nitrogens with two attached hydrogens (primary N) is 2. The molecule has 1 heterocycles. The summed E-state index contributed by atoms with van der Waals surface area (Å²) < 4.78 is 38.7. The van der Waals surface area contributed by atoms with Crippen molar-refractivity contribution in [2.45, 2.75) is 10.9 Å². The number of rotatable bonds is 7. The minimum absolute atomic E-state index is 0.0544. The Kier molecular flexibility index (Phi) is 5.52. The van der Waals surface area contributed by atoms with Gasteiger partial charge in [-0.05, 0) is 12.1 Å². The Hall–Kier alpha value is -2.47. The van der Waals surface area contributed by atoms with E-state index in [2.05, 4.69) is 14.7 Å². The Labute approximate surface area is 155 Å². The van der Waals surface area contributed by atoms with Gasteiger partial charge in [0.15, 0.2) is 11.8 Å². The number of carboxylic acids is 1. The van der Waals surface area contributed by atoms with Crippen LogP contribution < -0.4 is 16.2 Å². The highest BCUT2D eigenvalue weighted by atomic mass is 35.5. The molecule has 10 nitrogen and oxygen atoms in total. The van der Waals surface area contributed by atoms with Crippen LogP contribution in [0, 0.1) is 0 Å². The number of nitrogens with zero attached hydrogens (tertiary/aromatic N) is 2. The number of ether oxygens (including phenoxy) is 1. The number of aliphatic carboxylic acids is 1. The van der Waals surface area contributed by atoms with Crippen LogP contribution in [-0.4, -0.2) is 50.2 Å². The minimum atomic E-state index is -4.24. The van der Waals surface area contributed by atoms with Crippen molar-refractivity contribution in [3.05, 3.63) is 29.4 Å². The monoisotopic (exact) mass is 402 g/mol. The average Bonchev–Trinajstić information content (AvgIpc) is 2.60. The molecule has 0 aliphatic rings. The molecule has 0 saturated heterocycles. The van der Waals surface area contributed by atoms with E-state index in [0.29, 0.717) is 5.39 Å². The molecule has 1 atom stereocenters. The number of halogens is 1. The van der Waals surface area contributed by atoms with E-state index < -0.39 is 35.7 Å². The molecule has 6 N–H and O–H groups in total. The Balaban J connectivity index is 2.51. The van der Waals surface area contributed by atoms with Gasteiger partial charge in [0.1, 0.15) is 6.04 Å². The minimum Gasteiger partial charge on any atom is -0.480 e. The number of hydrogen-bond donors (Lipinski definition) is 4. The quantitative estimate of drug-likeness (QED) is 0.375. The number of pyridine rings is 1. The molecule has 2 aromatic rings. The second kappa shape index (κ2) is 7.83. The van der Waals surface area contributed by atoms with Crippen molar-refractivity contribution in [1.29, 1.82) is 0 Å². The number of aliphatic imine (C=N–C) groups is 1. The Morgan fingerprint density at radius 1 is 1.50 bits per heavy atom. The first-order valence-electron chi connectivity index (χ1n) is 7.66. The number of aromatic nitrogens is 1. The van der Waals surface area contributed by atoms with Crippen LogP contribution >= 0.6 is 11.6 Å². The molecule has 0 aliphatic heterocycles. The summed E-state index contributed by atoms with van der Waals surface area (Å²) >= 11 is 6.06. The first-order valence-corrected chi connectivity index (χ1v) is 8.82. The fraction of sp³-hybridized carbons (Fsp3) is 0.214. The van der Waals surface area contributed by atoms with E-state index >= 15 is 0 Å². The van der Waals surface area contributed by atoms with Crippen LogP contribution in [0.25, 0.3) is 10.8 Å². The molecule has 26 heavy (non-hydrogen) atoms. The molecule has 0 spiro atoms. The van der Waals surface area contributed by atoms with Gasteiger partial charge >= 0.3 is 5.97 Å². The topological polar surface area (TPSA) is 170 Å². The zero-order valence-electron chi connectivity index (χ0n) is 14.2. The molecule has 0 unspecified atom stereocenters. The van der Waals surface area contributed by atoms with Gasteiger partial charge in [0, 0.05) is 24.1 Å². The molecular weight excluding hydrogens is 386 g/mol. The van der Waals surface area contributed by atoms with Crippen molar-refractivity contribution in [2.75, 3.05) is 13.7 Å². The molecule has 2 rings (SSSR count). The van der Waals surface area contributed by atoms with Crippen molar-refractivity contribution in [1.82, 2.24) is 9.71 Å². The molecular formula is C14H16ClN5O5S. The van der Waals surface area contributed by atoms with Gasteiger partial charge in [0.2, 0.25) is 10.0 Å². The van der Waals surface area contributed by atoms with Crippen molar-refractivity contribution in [2.24, 2.45) is 16.5 Å². The molecule has 0 amide bonds. The van der Waals surface area contributed by atoms with Crippen LogP contribution in [0.5, 0.6) is 0 Å². The Morgan fingerprint density at radius 2 is 2.23 bits per heavy atom. The standard InChI is InChI=1S/C14H16ClN5O5S/c1-25-6-11(13(21)22)20-26(23,24)7-2-3-8-9(4-7)12(19-14(16)17)18-5-10(8)15/h2-5,11,20H,6H2,1H3,(H,21,22)(H4,16,17,18,19)/t11-/m0/s1/i1D. The summed E-state index contributed by atoms with van der Waals surface area (Å²) in [7, 11) is -4.74. The summed E-state index contributed by atoms with van der Waals surface area (Å²) in [5.41, 5.74) is 10.7. The van der Waals surface area contributed by atoms with Crippen LogP contribution in [0.3, 0.4) is 0 Å². The smallest absolute Gasteiger partial charge is 0.324 e. The third kappa shape index (κ3) is 4.38. The molecule has 1 aromatic heterocycles. The lowest BCUT2D eigenvalue weighted by Crippen LogP contribution is -2.43. The third-order valence-electron chi connectivity index (χ3n) is 3.21. The first-order chi connectivity index (χ1) is 12.7. The van der Waals surface area contributed by atoms with Gasteiger partial charge in [-0.15, -0.1) is 0 Å². The van der Waals surface area contributed by atoms with Crippen LogP contribution in [0.2, 0.25) is 5.02 Å². The average molecular weight is 403 g/mol. The molecule has 140 valence electrons. The largest absolute Gasteiger partial charge is 0.480 e. The fourth-order valence-electron chi connectivity index (χ4n) is 2.08. The van der Waals surface area contributed by atoms with Crippen LogP contribution in [0.15, 0.2) is 34.3 Å². The second-order valence-corrected chi connectivity index (χ2v) is 7.18. The van der Waals surface area contributed by atoms with E-state index in [1.165, 1.54) is 24.4 Å². The van der Waals surface area contributed by atoms with Gasteiger partial charge in [-0.1, -0.05) is 17.7 Å². The van der Waals surface area contributed by atoms with E-state index in [9.17, 15) is 13.2 Å². The number of nitrogens with one attached hydrogen (secondary N) is 1. The predicted octanol–water partition coefficient (Wildman–Crippen LogP) is 0.171. The highest BCUT2D eigenvalue weighted by Gasteiger charge is 2.26. The summed E-state index contributed by atoms with van der Waals surface area (Å²) in [5, 5.41) is 10.1. The summed E-state index contributed by atoms with van der Waals surface area (Å²) in [6, 6.07) is 2.34. The summed E-state index contributed by atoms with van der Waals surface area (Å²) in [6.45, 7) is -0.502. The zero-order valence-corrected chi connectivity index (χ0v) is 14.8. The number of hydrogen-bond acceptors (Lipinski definition) is 6. The lowest BCUT2D eigenvalue weighted by atomic mass is 10.1. The van der Waals surface area contributed by atoms with E-state index in [0.717, 1.165) is 0 Å². The highest BCUT2D eigenvalue weighted by Crippen LogP contribution is 2.31. The first kappa shape index (κ1) is 18.3. The maximum atomic E-state index is 12.6. The molecule has 12 heteroatoms.